The smallest absolute Gasteiger partial charge is 0.243 e. The lowest BCUT2D eigenvalue weighted by atomic mass is 10.0. The van der Waals surface area contributed by atoms with Gasteiger partial charge in [-0.25, -0.2) is 8.42 Å². The van der Waals surface area contributed by atoms with Gasteiger partial charge in [0, 0.05) is 17.6 Å². The maximum Gasteiger partial charge on any atom is 0.243 e. The summed E-state index contributed by atoms with van der Waals surface area (Å²) in [6, 6.07) is 28.0. The Kier molecular flexibility index (Phi) is 7.46. The van der Waals surface area contributed by atoms with Gasteiger partial charge in [0.1, 0.15) is 0 Å². The number of sulfonamides is 1. The molecule has 4 rings (SSSR count). The monoisotopic (exact) mass is 536 g/mol. The first kappa shape index (κ1) is 24.1. The van der Waals surface area contributed by atoms with Crippen LogP contribution in [0.2, 0.25) is 0 Å². The number of fused-ring (bicyclic) bond motifs is 1. The van der Waals surface area contributed by atoms with Crippen LogP contribution in [0.25, 0.3) is 10.8 Å². The number of halogens is 1. The molecule has 0 fully saturated rings. The Morgan fingerprint density at radius 2 is 1.56 bits per heavy atom. The van der Waals surface area contributed by atoms with Crippen molar-refractivity contribution in [3.05, 3.63) is 112 Å². The quantitative estimate of drug-likeness (QED) is 0.327. The van der Waals surface area contributed by atoms with E-state index in [0.717, 1.165) is 31.9 Å². The molecule has 4 aromatic rings. The molecule has 0 aliphatic carbocycles. The fourth-order valence-corrected chi connectivity index (χ4v) is 5.38. The van der Waals surface area contributed by atoms with Crippen LogP contribution in [0.3, 0.4) is 0 Å². The van der Waals surface area contributed by atoms with E-state index in [-0.39, 0.29) is 23.9 Å². The number of nitrogens with one attached hydrogen (secondary N) is 1. The normalized spacial score (nSPS) is 11.6. The van der Waals surface area contributed by atoms with Crippen molar-refractivity contribution in [2.45, 2.75) is 24.9 Å². The summed E-state index contributed by atoms with van der Waals surface area (Å²) in [5.74, 6) is -0.360. The van der Waals surface area contributed by atoms with Gasteiger partial charge >= 0.3 is 0 Å². The molecule has 34 heavy (non-hydrogen) atoms. The summed E-state index contributed by atoms with van der Waals surface area (Å²) < 4.78 is 29.0. The number of nitrogens with zero attached hydrogens (tertiary/aromatic N) is 1. The molecule has 4 aromatic carbocycles. The van der Waals surface area contributed by atoms with Gasteiger partial charge in [-0.05, 0) is 53.1 Å². The lowest BCUT2D eigenvalue weighted by Gasteiger charge is -2.22. The van der Waals surface area contributed by atoms with Crippen molar-refractivity contribution in [1.29, 1.82) is 0 Å². The maximum atomic E-state index is 13.4. The van der Waals surface area contributed by atoms with Crippen molar-refractivity contribution in [3.8, 4) is 0 Å². The van der Waals surface area contributed by atoms with Crippen LogP contribution in [0, 0.1) is 6.92 Å². The van der Waals surface area contributed by atoms with Gasteiger partial charge in [-0.15, -0.1) is 0 Å². The van der Waals surface area contributed by atoms with E-state index in [1.807, 2.05) is 73.7 Å². The van der Waals surface area contributed by atoms with Crippen molar-refractivity contribution < 1.29 is 13.2 Å². The number of carbonyl (C=O) groups is 1. The Balaban J connectivity index is 1.55. The summed E-state index contributed by atoms with van der Waals surface area (Å²) in [6.07, 6.45) is 0. The topological polar surface area (TPSA) is 66.5 Å². The summed E-state index contributed by atoms with van der Waals surface area (Å²) in [7, 11) is -3.88. The third-order valence-corrected chi connectivity index (χ3v) is 7.94. The molecular formula is C27H25BrN2O3S. The minimum atomic E-state index is -3.88. The molecule has 0 heterocycles. The zero-order valence-corrected chi connectivity index (χ0v) is 21.1. The first-order valence-corrected chi connectivity index (χ1v) is 13.1. The van der Waals surface area contributed by atoms with Crippen LogP contribution < -0.4 is 5.32 Å². The van der Waals surface area contributed by atoms with Crippen LogP contribution in [0.4, 0.5) is 0 Å². The van der Waals surface area contributed by atoms with Gasteiger partial charge in [0.05, 0.1) is 11.4 Å². The Hall–Kier alpha value is -3.00. The van der Waals surface area contributed by atoms with Crippen LogP contribution >= 0.6 is 15.9 Å². The highest BCUT2D eigenvalue weighted by atomic mass is 79.9. The molecule has 0 atom stereocenters. The summed E-state index contributed by atoms with van der Waals surface area (Å²) in [6.45, 7) is 2.02. The van der Waals surface area contributed by atoms with E-state index >= 15 is 0 Å². The lowest BCUT2D eigenvalue weighted by Crippen LogP contribution is -2.40. The number of hydrogen-bond acceptors (Lipinski definition) is 3. The van der Waals surface area contributed by atoms with E-state index in [1.54, 1.807) is 24.3 Å². The van der Waals surface area contributed by atoms with Gasteiger partial charge in [-0.3, -0.25) is 4.79 Å². The van der Waals surface area contributed by atoms with Crippen LogP contribution in [0.15, 0.2) is 100 Å². The molecule has 0 saturated carbocycles. The number of amides is 1. The number of hydrogen-bond donors (Lipinski definition) is 1. The van der Waals surface area contributed by atoms with Crippen LogP contribution in [-0.4, -0.2) is 25.2 Å². The third-order valence-electron chi connectivity index (χ3n) is 5.61. The molecule has 0 aliphatic rings. The molecule has 5 nitrogen and oxygen atoms in total. The first-order chi connectivity index (χ1) is 16.3. The van der Waals surface area contributed by atoms with Gasteiger partial charge in [-0.1, -0.05) is 88.2 Å². The molecule has 0 bridgehead atoms. The maximum absolute atomic E-state index is 13.4. The Morgan fingerprint density at radius 1 is 0.882 bits per heavy atom. The summed E-state index contributed by atoms with van der Waals surface area (Å²) in [5, 5.41) is 5.05. The minimum absolute atomic E-state index is 0.0885. The molecular weight excluding hydrogens is 512 g/mol. The predicted molar refractivity (Wildman–Crippen MR) is 139 cm³/mol. The van der Waals surface area contributed by atoms with Crippen LogP contribution in [0.5, 0.6) is 0 Å². The Bertz CT molecular complexity index is 1400. The van der Waals surface area contributed by atoms with Crippen molar-refractivity contribution in [2.24, 2.45) is 0 Å². The second-order valence-electron chi connectivity index (χ2n) is 8.13. The van der Waals surface area contributed by atoms with E-state index < -0.39 is 10.0 Å². The third kappa shape index (κ3) is 5.73. The molecule has 0 saturated heterocycles. The lowest BCUT2D eigenvalue weighted by molar-refractivity contribution is -0.121. The predicted octanol–water partition coefficient (Wildman–Crippen LogP) is 5.42. The van der Waals surface area contributed by atoms with Crippen molar-refractivity contribution in [1.82, 2.24) is 9.62 Å². The Labute approximate surface area is 208 Å². The van der Waals surface area contributed by atoms with Crippen molar-refractivity contribution >= 4 is 42.6 Å². The molecule has 0 aromatic heterocycles. The fourth-order valence-electron chi connectivity index (χ4n) is 3.74. The molecule has 0 aliphatic heterocycles. The van der Waals surface area contributed by atoms with E-state index in [2.05, 4.69) is 21.2 Å². The second kappa shape index (κ2) is 10.5. The highest BCUT2D eigenvalue weighted by Crippen LogP contribution is 2.21. The molecule has 0 radical (unpaired) electrons. The zero-order chi connectivity index (χ0) is 24.1. The van der Waals surface area contributed by atoms with Gasteiger partial charge in [0.2, 0.25) is 15.9 Å². The average Bonchev–Trinajstić information content (AvgIpc) is 2.84. The summed E-state index contributed by atoms with van der Waals surface area (Å²) >= 11 is 3.40. The molecule has 1 amide bonds. The SMILES string of the molecule is Cc1ccc(S(=O)(=O)N(CC(=O)NCc2cccc3ccccc23)Cc2ccc(Br)cc2)cc1. The van der Waals surface area contributed by atoms with Gasteiger partial charge in [-0.2, -0.15) is 4.31 Å². The van der Waals surface area contributed by atoms with Gasteiger partial charge < -0.3 is 5.32 Å². The molecule has 174 valence electrons. The highest BCUT2D eigenvalue weighted by molar-refractivity contribution is 9.10. The summed E-state index contributed by atoms with van der Waals surface area (Å²) in [4.78, 5) is 13.1. The number of rotatable bonds is 8. The van der Waals surface area contributed by atoms with Gasteiger partial charge in [0.15, 0.2) is 0 Å². The molecule has 0 spiro atoms. The van der Waals surface area contributed by atoms with E-state index in [1.165, 1.54) is 4.31 Å². The minimum Gasteiger partial charge on any atom is -0.351 e. The first-order valence-electron chi connectivity index (χ1n) is 10.9. The zero-order valence-electron chi connectivity index (χ0n) is 18.7. The van der Waals surface area contributed by atoms with E-state index in [4.69, 9.17) is 0 Å². The number of benzene rings is 4. The molecule has 0 unspecified atom stereocenters. The largest absolute Gasteiger partial charge is 0.351 e. The van der Waals surface area contributed by atoms with Crippen molar-refractivity contribution in [3.63, 3.8) is 0 Å². The van der Waals surface area contributed by atoms with E-state index in [9.17, 15) is 13.2 Å². The van der Waals surface area contributed by atoms with Crippen molar-refractivity contribution in [2.75, 3.05) is 6.54 Å². The fraction of sp³-hybridized carbons (Fsp3) is 0.148. The highest BCUT2D eigenvalue weighted by Gasteiger charge is 2.27. The van der Waals surface area contributed by atoms with Crippen LogP contribution in [-0.2, 0) is 27.9 Å². The number of carbonyl (C=O) groups excluding carboxylic acids is 1. The Morgan fingerprint density at radius 3 is 2.29 bits per heavy atom. The van der Waals surface area contributed by atoms with Crippen LogP contribution in [0.1, 0.15) is 16.7 Å². The summed E-state index contributed by atoms with van der Waals surface area (Å²) in [5.41, 5.74) is 2.74. The van der Waals surface area contributed by atoms with Gasteiger partial charge in [0.25, 0.3) is 0 Å². The number of aryl methyl sites for hydroxylation is 1. The average molecular weight is 537 g/mol. The van der Waals surface area contributed by atoms with E-state index in [0.29, 0.717) is 6.54 Å². The second-order valence-corrected chi connectivity index (χ2v) is 11.0. The molecule has 1 N–H and O–H groups in total. The molecule has 7 heteroatoms. The standard InChI is InChI=1S/C27H25BrN2O3S/c1-20-9-15-25(16-10-20)34(32,33)30(18-21-11-13-24(28)14-12-21)19-27(31)29-17-23-7-4-6-22-5-2-3-8-26(22)23/h2-16H,17-19H2,1H3,(H,29,31).